The van der Waals surface area contributed by atoms with Gasteiger partial charge in [0.15, 0.2) is 5.17 Å². The van der Waals surface area contributed by atoms with Crippen LogP contribution in [0.15, 0.2) is 23.2 Å². The van der Waals surface area contributed by atoms with Gasteiger partial charge in [-0.15, -0.1) is 0 Å². The second-order valence-electron chi connectivity index (χ2n) is 3.36. The largest absolute Gasteiger partial charge is 0.506 e. The molecular weight excluding hydrogens is 238 g/mol. The third-order valence-corrected chi connectivity index (χ3v) is 3.12. The van der Waals surface area contributed by atoms with E-state index in [2.05, 4.69) is 4.99 Å². The number of hydrogen-bond acceptors (Lipinski definition) is 5. The molecule has 2 N–H and O–H groups in total. The van der Waals surface area contributed by atoms with Gasteiger partial charge in [-0.2, -0.15) is 0 Å². The summed E-state index contributed by atoms with van der Waals surface area (Å²) in [7, 11) is 0. The number of phenolic OH excluding ortho intramolecular Hbond substituents is 1. The van der Waals surface area contributed by atoms with Gasteiger partial charge in [0, 0.05) is 6.21 Å². The molecule has 0 saturated carbocycles. The van der Waals surface area contributed by atoms with Crippen molar-refractivity contribution in [2.75, 3.05) is 10.7 Å². The van der Waals surface area contributed by atoms with Gasteiger partial charge in [0.1, 0.15) is 11.4 Å². The fourth-order valence-corrected chi connectivity index (χ4v) is 2.30. The molecule has 1 aromatic carbocycles. The first-order valence-electron chi connectivity index (χ1n) is 5.00. The number of nitrogens with zero attached hydrogens (tertiary/aromatic N) is 2. The summed E-state index contributed by atoms with van der Waals surface area (Å²) in [5.74, 6) is 0.0836. The van der Waals surface area contributed by atoms with Crippen molar-refractivity contribution in [2.24, 2.45) is 4.99 Å². The van der Waals surface area contributed by atoms with E-state index in [0.717, 1.165) is 0 Å². The van der Waals surface area contributed by atoms with Crippen LogP contribution >= 0.6 is 11.8 Å². The van der Waals surface area contributed by atoms with Crippen LogP contribution in [0.3, 0.4) is 0 Å². The number of nitrogens with one attached hydrogen (secondary N) is 1. The topological polar surface area (TPSA) is 76.8 Å². The molecule has 0 aromatic heterocycles. The molecule has 0 aliphatic carbocycles. The Morgan fingerprint density at radius 3 is 2.94 bits per heavy atom. The SMILES string of the molecule is C/C=N\c1c(O)cccc1N1C(=N)SCC1=O. The standard InChI is InChI=1S/C11H11N3O2S/c1-2-13-10-7(4-3-5-8(10)15)14-9(16)6-17-11(14)12/h2-5,12,15H,6H2,1H3/b12-11?,13-2-. The van der Waals surface area contributed by atoms with Gasteiger partial charge in [-0.1, -0.05) is 17.8 Å². The van der Waals surface area contributed by atoms with Gasteiger partial charge >= 0.3 is 0 Å². The lowest BCUT2D eigenvalue weighted by molar-refractivity contribution is -0.115. The Bertz CT molecular complexity index is 497. The first-order chi connectivity index (χ1) is 8.15. The number of aromatic hydroxyl groups is 1. The van der Waals surface area contributed by atoms with Gasteiger partial charge in [0.05, 0.1) is 11.4 Å². The van der Waals surface area contributed by atoms with Crippen LogP contribution in [0.4, 0.5) is 11.4 Å². The molecule has 2 rings (SSSR count). The number of para-hydroxylation sites is 1. The molecule has 1 saturated heterocycles. The number of amidine groups is 1. The summed E-state index contributed by atoms with van der Waals surface area (Å²) in [4.78, 5) is 17.0. The number of phenols is 1. The first-order valence-corrected chi connectivity index (χ1v) is 5.98. The van der Waals surface area contributed by atoms with Gasteiger partial charge in [-0.3, -0.25) is 20.1 Å². The fourth-order valence-electron chi connectivity index (χ4n) is 1.58. The predicted molar refractivity (Wildman–Crippen MR) is 69.6 cm³/mol. The maximum atomic E-state index is 11.7. The number of benzene rings is 1. The van der Waals surface area contributed by atoms with Gasteiger partial charge in [0.2, 0.25) is 5.91 Å². The van der Waals surface area contributed by atoms with Crippen molar-refractivity contribution in [1.29, 1.82) is 5.41 Å². The van der Waals surface area contributed by atoms with E-state index in [1.807, 2.05) is 0 Å². The highest BCUT2D eigenvalue weighted by molar-refractivity contribution is 8.15. The minimum absolute atomic E-state index is 0.00176. The van der Waals surface area contributed by atoms with Crippen LogP contribution in [0.1, 0.15) is 6.92 Å². The Morgan fingerprint density at radius 2 is 2.35 bits per heavy atom. The molecule has 1 fully saturated rings. The minimum atomic E-state index is -0.168. The second-order valence-corrected chi connectivity index (χ2v) is 4.32. The molecule has 0 spiro atoms. The zero-order valence-electron chi connectivity index (χ0n) is 9.17. The van der Waals surface area contributed by atoms with Gasteiger partial charge < -0.3 is 5.11 Å². The summed E-state index contributed by atoms with van der Waals surface area (Å²) in [5, 5.41) is 17.6. The van der Waals surface area contributed by atoms with E-state index in [4.69, 9.17) is 5.41 Å². The van der Waals surface area contributed by atoms with E-state index in [1.165, 1.54) is 28.9 Å². The summed E-state index contributed by atoms with van der Waals surface area (Å²) in [6.45, 7) is 1.72. The minimum Gasteiger partial charge on any atom is -0.506 e. The maximum absolute atomic E-state index is 11.7. The molecule has 1 amide bonds. The molecular formula is C11H11N3O2S. The lowest BCUT2D eigenvalue weighted by Gasteiger charge is -2.17. The molecule has 6 heteroatoms. The Labute approximate surface area is 103 Å². The molecule has 0 bridgehead atoms. The molecule has 0 atom stereocenters. The fraction of sp³-hybridized carbons (Fsp3) is 0.182. The summed E-state index contributed by atoms with van der Waals surface area (Å²) >= 11 is 1.17. The molecule has 1 aliphatic heterocycles. The molecule has 5 nitrogen and oxygen atoms in total. The second kappa shape index (κ2) is 4.58. The molecule has 0 unspecified atom stereocenters. The van der Waals surface area contributed by atoms with E-state index in [0.29, 0.717) is 11.4 Å². The first kappa shape index (κ1) is 11.7. The number of thioether (sulfide) groups is 1. The third kappa shape index (κ3) is 2.03. The van der Waals surface area contributed by atoms with E-state index >= 15 is 0 Å². The number of hydrogen-bond donors (Lipinski definition) is 2. The Hall–Kier alpha value is -1.82. The van der Waals surface area contributed by atoms with Crippen LogP contribution in [-0.4, -0.2) is 28.1 Å². The van der Waals surface area contributed by atoms with Gasteiger partial charge in [0.25, 0.3) is 0 Å². The highest BCUT2D eigenvalue weighted by Gasteiger charge is 2.30. The number of anilines is 1. The Kier molecular flexibility index (Phi) is 3.14. The van der Waals surface area contributed by atoms with Crippen molar-refractivity contribution < 1.29 is 9.90 Å². The summed E-state index contributed by atoms with van der Waals surface area (Å²) < 4.78 is 0. The van der Waals surface area contributed by atoms with E-state index in [9.17, 15) is 9.90 Å². The zero-order valence-corrected chi connectivity index (χ0v) is 9.99. The van der Waals surface area contributed by atoms with Gasteiger partial charge in [-0.25, -0.2) is 0 Å². The van der Waals surface area contributed by atoms with Crippen LogP contribution in [0.5, 0.6) is 5.75 Å². The van der Waals surface area contributed by atoms with Crippen LogP contribution in [0, 0.1) is 5.41 Å². The number of amides is 1. The smallest absolute Gasteiger partial charge is 0.243 e. The maximum Gasteiger partial charge on any atom is 0.243 e. The molecule has 1 heterocycles. The molecule has 88 valence electrons. The summed E-state index contributed by atoms with van der Waals surface area (Å²) in [5.41, 5.74) is 0.763. The summed E-state index contributed by atoms with van der Waals surface area (Å²) in [6, 6.07) is 4.80. The third-order valence-electron chi connectivity index (χ3n) is 2.28. The predicted octanol–water partition coefficient (Wildman–Crippen LogP) is 2.13. The lowest BCUT2D eigenvalue weighted by atomic mass is 10.2. The normalized spacial score (nSPS) is 16.2. The number of rotatable bonds is 2. The quantitative estimate of drug-likeness (QED) is 0.788. The Morgan fingerprint density at radius 1 is 1.59 bits per heavy atom. The molecule has 0 radical (unpaired) electrons. The Balaban J connectivity index is 2.55. The highest BCUT2D eigenvalue weighted by Crippen LogP contribution is 2.39. The van der Waals surface area contributed by atoms with Crippen molar-refractivity contribution >= 4 is 40.4 Å². The van der Waals surface area contributed by atoms with Crippen LogP contribution in [0.2, 0.25) is 0 Å². The van der Waals surface area contributed by atoms with Crippen LogP contribution in [-0.2, 0) is 4.79 Å². The van der Waals surface area contributed by atoms with Crippen molar-refractivity contribution in [3.63, 3.8) is 0 Å². The average Bonchev–Trinajstić information content (AvgIpc) is 2.62. The van der Waals surface area contributed by atoms with Crippen molar-refractivity contribution in [1.82, 2.24) is 0 Å². The number of carbonyl (C=O) groups excluding carboxylic acids is 1. The number of aliphatic imine (C=N–C) groups is 1. The summed E-state index contributed by atoms with van der Waals surface area (Å²) in [6.07, 6.45) is 1.54. The molecule has 1 aliphatic rings. The van der Waals surface area contributed by atoms with Crippen molar-refractivity contribution in [3.05, 3.63) is 18.2 Å². The van der Waals surface area contributed by atoms with E-state index < -0.39 is 0 Å². The monoisotopic (exact) mass is 249 g/mol. The molecule has 17 heavy (non-hydrogen) atoms. The van der Waals surface area contributed by atoms with Crippen molar-refractivity contribution in [3.8, 4) is 5.75 Å². The van der Waals surface area contributed by atoms with Crippen LogP contribution < -0.4 is 4.90 Å². The zero-order chi connectivity index (χ0) is 12.4. The molecule has 1 aromatic rings. The highest BCUT2D eigenvalue weighted by atomic mass is 32.2. The van der Waals surface area contributed by atoms with Crippen LogP contribution in [0.25, 0.3) is 0 Å². The van der Waals surface area contributed by atoms with E-state index in [-0.39, 0.29) is 22.6 Å². The van der Waals surface area contributed by atoms with Crippen molar-refractivity contribution in [2.45, 2.75) is 6.92 Å². The average molecular weight is 249 g/mol. The van der Waals surface area contributed by atoms with E-state index in [1.54, 1.807) is 19.1 Å². The number of carbonyl (C=O) groups is 1. The lowest BCUT2D eigenvalue weighted by Crippen LogP contribution is -2.28. The van der Waals surface area contributed by atoms with Gasteiger partial charge in [-0.05, 0) is 19.1 Å².